The molecule has 0 unspecified atom stereocenters. The van der Waals surface area contributed by atoms with Gasteiger partial charge in [-0.1, -0.05) is 6.42 Å². The van der Waals surface area contributed by atoms with Crippen molar-refractivity contribution in [3.05, 3.63) is 16.0 Å². The van der Waals surface area contributed by atoms with Gasteiger partial charge in [-0.05, 0) is 31.2 Å². The molecule has 0 atom stereocenters. The Bertz CT molecular complexity index is 638. The summed E-state index contributed by atoms with van der Waals surface area (Å²) in [6, 6.07) is 0. The largest absolute Gasteiger partial charge is 0.478 e. The Morgan fingerprint density at radius 1 is 1.04 bits per heavy atom. The molecule has 1 aromatic heterocycles. The van der Waals surface area contributed by atoms with Crippen molar-refractivity contribution in [2.24, 2.45) is 0 Å². The normalized spacial score (nSPS) is 15.7. The van der Waals surface area contributed by atoms with Crippen LogP contribution in [-0.2, 0) is 17.6 Å². The number of aromatic carboxylic acids is 1. The average molecular weight is 357 g/mol. The number of anilines is 1. The van der Waals surface area contributed by atoms with Crippen LogP contribution in [0.2, 0.25) is 0 Å². The first-order chi connectivity index (χ1) is 10.6. The highest BCUT2D eigenvalue weighted by molar-refractivity contribution is 7.17. The van der Waals surface area contributed by atoms with E-state index >= 15 is 0 Å². The predicted octanol–water partition coefficient (Wildman–Crippen LogP) is 3.85. The van der Waals surface area contributed by atoms with Gasteiger partial charge in [-0.15, -0.1) is 11.3 Å². The molecule has 0 radical (unpaired) electrons. The van der Waals surface area contributed by atoms with Crippen LogP contribution in [0, 0.1) is 0 Å². The number of thiophene rings is 1. The van der Waals surface area contributed by atoms with E-state index in [1.165, 1.54) is 5.32 Å². The third-order valence-electron chi connectivity index (χ3n) is 3.50. The highest BCUT2D eigenvalue weighted by Gasteiger charge is 2.63. The Labute approximate surface area is 131 Å². The third kappa shape index (κ3) is 3.31. The first-order valence-corrected chi connectivity index (χ1v) is 7.51. The average Bonchev–Trinajstić information content (AvgIpc) is 2.59. The summed E-state index contributed by atoms with van der Waals surface area (Å²) in [5.74, 6) is -9.64. The lowest BCUT2D eigenvalue weighted by Gasteiger charge is -2.18. The van der Waals surface area contributed by atoms with E-state index in [1.807, 2.05) is 0 Å². The van der Waals surface area contributed by atoms with Gasteiger partial charge < -0.3 is 10.4 Å². The van der Waals surface area contributed by atoms with Gasteiger partial charge in [-0.25, -0.2) is 4.79 Å². The van der Waals surface area contributed by atoms with Gasteiger partial charge in [-0.3, -0.25) is 4.79 Å². The quantitative estimate of drug-likeness (QED) is 0.638. The minimum absolute atomic E-state index is 0.388. The Balaban J connectivity index is 2.37. The maximum absolute atomic E-state index is 13.0. The number of alkyl halides is 5. The molecule has 0 fully saturated rings. The standard InChI is InChI=1S/C13H12F5NO3S/c14-12(15,13(16,17)18)11(22)19-9-8(10(20)21)6-4-2-1-3-5-7(6)23-9/h1-5H2,(H,19,22)(H,20,21). The van der Waals surface area contributed by atoms with E-state index < -0.39 is 34.5 Å². The van der Waals surface area contributed by atoms with Gasteiger partial charge in [-0.2, -0.15) is 22.0 Å². The lowest BCUT2D eigenvalue weighted by molar-refractivity contribution is -0.267. The van der Waals surface area contributed by atoms with E-state index in [0.717, 1.165) is 24.2 Å². The second-order valence-corrected chi connectivity index (χ2v) is 6.21. The third-order valence-corrected chi connectivity index (χ3v) is 4.71. The lowest BCUT2D eigenvalue weighted by Crippen LogP contribution is -2.47. The van der Waals surface area contributed by atoms with Crippen LogP contribution in [0.25, 0.3) is 0 Å². The zero-order chi connectivity index (χ0) is 17.4. The van der Waals surface area contributed by atoms with E-state index in [2.05, 4.69) is 0 Å². The molecule has 0 aromatic carbocycles. The summed E-state index contributed by atoms with van der Waals surface area (Å²) in [7, 11) is 0. The minimum atomic E-state index is -6.05. The fraction of sp³-hybridized carbons (Fsp3) is 0.538. The summed E-state index contributed by atoms with van der Waals surface area (Å²) in [5, 5.41) is 10.2. The number of nitrogens with one attached hydrogen (secondary N) is 1. The molecule has 1 amide bonds. The SMILES string of the molecule is O=C(O)c1c(NC(=O)C(F)(F)C(F)(F)F)sc2c1CCCCC2. The molecule has 0 saturated heterocycles. The summed E-state index contributed by atoms with van der Waals surface area (Å²) in [6.07, 6.45) is -2.83. The number of fused-ring (bicyclic) bond motifs is 1. The molecule has 128 valence electrons. The second kappa shape index (κ2) is 6.06. The highest BCUT2D eigenvalue weighted by atomic mass is 32.1. The van der Waals surface area contributed by atoms with Gasteiger partial charge in [0.05, 0.1) is 5.56 Å². The van der Waals surface area contributed by atoms with Crippen molar-refractivity contribution < 1.29 is 36.6 Å². The fourth-order valence-electron chi connectivity index (χ4n) is 2.37. The molecule has 1 aliphatic rings. The van der Waals surface area contributed by atoms with Crippen LogP contribution in [0.1, 0.15) is 40.1 Å². The van der Waals surface area contributed by atoms with Crippen LogP contribution in [-0.4, -0.2) is 29.1 Å². The number of amides is 1. The topological polar surface area (TPSA) is 66.4 Å². The Morgan fingerprint density at radius 2 is 1.65 bits per heavy atom. The summed E-state index contributed by atoms with van der Waals surface area (Å²) >= 11 is 0.745. The highest BCUT2D eigenvalue weighted by Crippen LogP contribution is 2.40. The van der Waals surface area contributed by atoms with Crippen LogP contribution in [0.15, 0.2) is 0 Å². The van der Waals surface area contributed by atoms with Gasteiger partial charge in [0.1, 0.15) is 5.00 Å². The van der Waals surface area contributed by atoms with Crippen LogP contribution in [0.5, 0.6) is 0 Å². The zero-order valence-corrected chi connectivity index (χ0v) is 12.4. The summed E-state index contributed by atoms with van der Waals surface area (Å²) in [4.78, 5) is 23.2. The Kier molecular flexibility index (Phi) is 4.65. The molecule has 1 aromatic rings. The monoisotopic (exact) mass is 357 g/mol. The Hall–Kier alpha value is -1.71. The second-order valence-electron chi connectivity index (χ2n) is 5.10. The predicted molar refractivity (Wildman–Crippen MR) is 72.2 cm³/mol. The molecule has 10 heteroatoms. The maximum Gasteiger partial charge on any atom is 0.463 e. The first kappa shape index (κ1) is 17.6. The number of rotatable bonds is 3. The number of aryl methyl sites for hydroxylation is 1. The number of hydrogen-bond acceptors (Lipinski definition) is 3. The van der Waals surface area contributed by atoms with Gasteiger partial charge in [0, 0.05) is 4.88 Å². The smallest absolute Gasteiger partial charge is 0.463 e. The molecule has 1 heterocycles. The molecule has 4 nitrogen and oxygen atoms in total. The summed E-state index contributed by atoms with van der Waals surface area (Å²) in [6.45, 7) is 0. The van der Waals surface area contributed by atoms with Crippen molar-refractivity contribution in [2.45, 2.75) is 44.2 Å². The molecule has 1 aliphatic carbocycles. The van der Waals surface area contributed by atoms with Crippen molar-refractivity contribution in [3.63, 3.8) is 0 Å². The van der Waals surface area contributed by atoms with Crippen molar-refractivity contribution >= 4 is 28.2 Å². The van der Waals surface area contributed by atoms with E-state index in [0.29, 0.717) is 29.7 Å². The van der Waals surface area contributed by atoms with Crippen LogP contribution < -0.4 is 5.32 Å². The lowest BCUT2D eigenvalue weighted by atomic mass is 10.1. The minimum Gasteiger partial charge on any atom is -0.478 e. The zero-order valence-electron chi connectivity index (χ0n) is 11.6. The van der Waals surface area contributed by atoms with Gasteiger partial charge in [0.15, 0.2) is 0 Å². The molecule has 0 saturated carbocycles. The Morgan fingerprint density at radius 3 is 2.22 bits per heavy atom. The van der Waals surface area contributed by atoms with Crippen LogP contribution in [0.4, 0.5) is 27.0 Å². The summed E-state index contributed by atoms with van der Waals surface area (Å²) in [5.41, 5.74) is 0.0175. The van der Waals surface area contributed by atoms with Crippen molar-refractivity contribution in [1.29, 1.82) is 0 Å². The van der Waals surface area contributed by atoms with E-state index in [4.69, 9.17) is 0 Å². The fourth-order valence-corrected chi connectivity index (χ4v) is 3.64. The van der Waals surface area contributed by atoms with Crippen molar-refractivity contribution in [1.82, 2.24) is 0 Å². The molecule has 0 spiro atoms. The van der Waals surface area contributed by atoms with Gasteiger partial charge in [0.25, 0.3) is 0 Å². The van der Waals surface area contributed by atoms with Gasteiger partial charge >= 0.3 is 24.0 Å². The first-order valence-electron chi connectivity index (χ1n) is 6.69. The number of halogens is 5. The number of carbonyl (C=O) groups excluding carboxylic acids is 1. The molecule has 23 heavy (non-hydrogen) atoms. The number of carboxylic acids is 1. The molecule has 0 bridgehead atoms. The van der Waals surface area contributed by atoms with Crippen molar-refractivity contribution in [3.8, 4) is 0 Å². The molecular weight excluding hydrogens is 345 g/mol. The number of hydrogen-bond donors (Lipinski definition) is 2. The van der Waals surface area contributed by atoms with E-state index in [1.54, 1.807) is 0 Å². The maximum atomic E-state index is 13.0. The molecule has 0 aliphatic heterocycles. The number of carbonyl (C=O) groups is 2. The molecule has 2 N–H and O–H groups in total. The van der Waals surface area contributed by atoms with Crippen LogP contribution in [0.3, 0.4) is 0 Å². The molecule has 2 rings (SSSR count). The van der Waals surface area contributed by atoms with E-state index in [-0.39, 0.29) is 0 Å². The van der Waals surface area contributed by atoms with Crippen LogP contribution >= 0.6 is 11.3 Å². The number of carboxylic acid groups (broad SMARTS) is 1. The van der Waals surface area contributed by atoms with Crippen molar-refractivity contribution in [2.75, 3.05) is 5.32 Å². The summed E-state index contributed by atoms with van der Waals surface area (Å²) < 4.78 is 62.6. The van der Waals surface area contributed by atoms with Gasteiger partial charge in [0.2, 0.25) is 0 Å². The molecular formula is C13H12F5NO3S. The van der Waals surface area contributed by atoms with E-state index in [9.17, 15) is 36.6 Å².